The van der Waals surface area contributed by atoms with Gasteiger partial charge in [0.2, 0.25) is 0 Å². The Morgan fingerprint density at radius 3 is 2.70 bits per heavy atom. The summed E-state index contributed by atoms with van der Waals surface area (Å²) in [7, 11) is 1.74. The first-order valence-corrected chi connectivity index (χ1v) is 11.5. The molecule has 8 nitrogen and oxygen atoms in total. The van der Waals surface area contributed by atoms with Crippen molar-refractivity contribution in [2.24, 2.45) is 4.99 Å². The first kappa shape index (κ1) is 27.1. The van der Waals surface area contributed by atoms with Crippen LogP contribution in [0.25, 0.3) is 0 Å². The Morgan fingerprint density at radius 1 is 1.24 bits per heavy atom. The number of guanidine groups is 1. The first-order valence-electron chi connectivity index (χ1n) is 11.5. The molecule has 3 rings (SSSR count). The maximum atomic E-state index is 5.67. The summed E-state index contributed by atoms with van der Waals surface area (Å²) in [5.41, 5.74) is 2.25. The van der Waals surface area contributed by atoms with E-state index in [1.807, 2.05) is 19.1 Å². The number of aromatic nitrogens is 3. The van der Waals surface area contributed by atoms with E-state index in [-0.39, 0.29) is 30.0 Å². The third kappa shape index (κ3) is 7.99. The quantitative estimate of drug-likeness (QED) is 0.188. The van der Waals surface area contributed by atoms with E-state index in [1.54, 1.807) is 13.4 Å². The van der Waals surface area contributed by atoms with Crippen molar-refractivity contribution in [2.75, 3.05) is 39.8 Å². The van der Waals surface area contributed by atoms with Gasteiger partial charge in [-0.1, -0.05) is 37.3 Å². The Balaban J connectivity index is 0.00000385. The molecule has 0 aliphatic carbocycles. The van der Waals surface area contributed by atoms with Gasteiger partial charge in [0, 0.05) is 31.6 Å². The summed E-state index contributed by atoms with van der Waals surface area (Å²) in [5, 5.41) is 15.0. The fourth-order valence-corrected chi connectivity index (χ4v) is 4.03. The fourth-order valence-electron chi connectivity index (χ4n) is 4.03. The van der Waals surface area contributed by atoms with E-state index in [1.165, 1.54) is 18.4 Å². The van der Waals surface area contributed by atoms with E-state index in [0.717, 1.165) is 55.7 Å². The van der Waals surface area contributed by atoms with Crippen LogP contribution in [-0.4, -0.2) is 65.5 Å². The second kappa shape index (κ2) is 14.2. The number of hydrogen-bond acceptors (Lipinski definition) is 5. The van der Waals surface area contributed by atoms with Crippen LogP contribution in [0, 0.1) is 0 Å². The van der Waals surface area contributed by atoms with Gasteiger partial charge in [-0.2, -0.15) is 0 Å². The molecule has 0 saturated carbocycles. The van der Waals surface area contributed by atoms with E-state index in [0.29, 0.717) is 13.1 Å². The number of aliphatic imine (C=N–C) groups is 1. The van der Waals surface area contributed by atoms with Gasteiger partial charge in [-0.05, 0) is 38.9 Å². The SMILES string of the molecule is C=C(C)CNC(=NCC(c1ccccc1OC)N1CCCC1)NCCn1cnnc1CC.I. The van der Waals surface area contributed by atoms with E-state index in [2.05, 4.69) is 55.9 Å². The molecule has 0 spiro atoms. The van der Waals surface area contributed by atoms with Crippen molar-refractivity contribution >= 4 is 29.9 Å². The van der Waals surface area contributed by atoms with E-state index >= 15 is 0 Å². The van der Waals surface area contributed by atoms with Crippen LogP contribution < -0.4 is 15.4 Å². The molecule has 1 fully saturated rings. The number of benzene rings is 1. The molecule has 33 heavy (non-hydrogen) atoms. The predicted molar refractivity (Wildman–Crippen MR) is 144 cm³/mol. The predicted octanol–water partition coefficient (Wildman–Crippen LogP) is 3.42. The van der Waals surface area contributed by atoms with Crippen molar-refractivity contribution < 1.29 is 4.74 Å². The van der Waals surface area contributed by atoms with Gasteiger partial charge in [-0.3, -0.25) is 9.89 Å². The Hall–Kier alpha value is -2.14. The standard InChI is InChI=1S/C24H37N7O.HI/c1-5-23-29-28-18-31(23)15-12-25-24(26-16-19(2)3)27-17-21(30-13-8-9-14-30)20-10-6-7-11-22(20)32-4;/h6-7,10-11,18,21H,2,5,8-9,12-17H2,1,3-4H3,(H2,25,26,27);1H. The van der Waals surface area contributed by atoms with Crippen LogP contribution in [0.4, 0.5) is 0 Å². The molecule has 1 aliphatic heterocycles. The van der Waals surface area contributed by atoms with Gasteiger partial charge < -0.3 is 19.9 Å². The van der Waals surface area contributed by atoms with Gasteiger partial charge in [0.05, 0.1) is 19.7 Å². The van der Waals surface area contributed by atoms with Crippen molar-refractivity contribution in [3.63, 3.8) is 0 Å². The Bertz CT molecular complexity index is 892. The highest BCUT2D eigenvalue weighted by molar-refractivity contribution is 14.0. The largest absolute Gasteiger partial charge is 0.496 e. The lowest BCUT2D eigenvalue weighted by molar-refractivity contribution is 0.245. The van der Waals surface area contributed by atoms with Crippen LogP contribution in [0.15, 0.2) is 47.7 Å². The second-order valence-corrected chi connectivity index (χ2v) is 8.22. The van der Waals surface area contributed by atoms with Crippen molar-refractivity contribution in [1.82, 2.24) is 30.3 Å². The highest BCUT2D eigenvalue weighted by Gasteiger charge is 2.25. The lowest BCUT2D eigenvalue weighted by Gasteiger charge is -2.28. The van der Waals surface area contributed by atoms with Crippen LogP contribution in [0.2, 0.25) is 0 Å². The minimum absolute atomic E-state index is 0. The van der Waals surface area contributed by atoms with E-state index in [4.69, 9.17) is 9.73 Å². The number of nitrogens with zero attached hydrogens (tertiary/aromatic N) is 5. The molecule has 0 bridgehead atoms. The molecular weight excluding hydrogens is 529 g/mol. The molecule has 1 aromatic carbocycles. The van der Waals surface area contributed by atoms with Gasteiger partial charge in [-0.25, -0.2) is 0 Å². The molecule has 1 aromatic heterocycles. The summed E-state index contributed by atoms with van der Waals surface area (Å²) in [6.07, 6.45) is 5.11. The van der Waals surface area contributed by atoms with Crippen molar-refractivity contribution in [2.45, 2.75) is 45.7 Å². The molecule has 1 atom stereocenters. The minimum Gasteiger partial charge on any atom is -0.496 e. The highest BCUT2D eigenvalue weighted by atomic mass is 127. The number of ether oxygens (including phenoxy) is 1. The molecule has 0 radical (unpaired) electrons. The summed E-state index contributed by atoms with van der Waals surface area (Å²) >= 11 is 0. The van der Waals surface area contributed by atoms with Crippen molar-refractivity contribution in [3.05, 3.63) is 54.1 Å². The Morgan fingerprint density at radius 2 is 2.00 bits per heavy atom. The van der Waals surface area contributed by atoms with Crippen molar-refractivity contribution in [3.8, 4) is 5.75 Å². The monoisotopic (exact) mass is 567 g/mol. The van der Waals surface area contributed by atoms with Crippen LogP contribution in [0.1, 0.15) is 44.1 Å². The number of rotatable bonds is 11. The zero-order valence-corrected chi connectivity index (χ0v) is 22.4. The third-order valence-corrected chi connectivity index (χ3v) is 5.72. The molecule has 1 aliphatic rings. The molecule has 182 valence electrons. The molecule has 2 aromatic rings. The average Bonchev–Trinajstić information content (AvgIpc) is 3.49. The van der Waals surface area contributed by atoms with Gasteiger partial charge in [0.15, 0.2) is 5.96 Å². The van der Waals surface area contributed by atoms with Crippen LogP contribution in [0.5, 0.6) is 5.75 Å². The zero-order chi connectivity index (χ0) is 22.8. The number of aryl methyl sites for hydroxylation is 1. The van der Waals surface area contributed by atoms with Crippen molar-refractivity contribution in [1.29, 1.82) is 0 Å². The number of likely N-dealkylation sites (tertiary alicyclic amines) is 1. The normalized spacial score (nSPS) is 15.1. The number of hydrogen-bond donors (Lipinski definition) is 2. The zero-order valence-electron chi connectivity index (χ0n) is 20.1. The van der Waals surface area contributed by atoms with Gasteiger partial charge >= 0.3 is 0 Å². The minimum atomic E-state index is 0. The summed E-state index contributed by atoms with van der Waals surface area (Å²) < 4.78 is 7.74. The smallest absolute Gasteiger partial charge is 0.191 e. The number of halogens is 1. The topological polar surface area (TPSA) is 79.6 Å². The van der Waals surface area contributed by atoms with Gasteiger partial charge in [0.25, 0.3) is 0 Å². The van der Waals surface area contributed by atoms with Gasteiger partial charge in [0.1, 0.15) is 17.9 Å². The third-order valence-electron chi connectivity index (χ3n) is 5.72. The molecule has 9 heteroatoms. The average molecular weight is 568 g/mol. The summed E-state index contributed by atoms with van der Waals surface area (Å²) in [6, 6.07) is 8.47. The lowest BCUT2D eigenvalue weighted by atomic mass is 10.0. The molecule has 2 N–H and O–H groups in total. The Kier molecular flexibility index (Phi) is 11.7. The molecule has 2 heterocycles. The lowest BCUT2D eigenvalue weighted by Crippen LogP contribution is -2.40. The molecule has 0 amide bonds. The maximum absolute atomic E-state index is 5.67. The summed E-state index contributed by atoms with van der Waals surface area (Å²) in [4.78, 5) is 7.49. The second-order valence-electron chi connectivity index (χ2n) is 8.22. The molecule has 1 saturated heterocycles. The van der Waals surface area contributed by atoms with Crippen LogP contribution >= 0.6 is 24.0 Å². The van der Waals surface area contributed by atoms with Crippen LogP contribution in [0.3, 0.4) is 0 Å². The maximum Gasteiger partial charge on any atom is 0.191 e. The molecule has 1 unspecified atom stereocenters. The molecular formula is C24H38IN7O. The summed E-state index contributed by atoms with van der Waals surface area (Å²) in [6.45, 7) is 13.1. The van der Waals surface area contributed by atoms with E-state index < -0.39 is 0 Å². The number of nitrogens with one attached hydrogen (secondary N) is 2. The number of methoxy groups -OCH3 is 1. The van der Waals surface area contributed by atoms with Gasteiger partial charge in [-0.15, -0.1) is 34.2 Å². The highest BCUT2D eigenvalue weighted by Crippen LogP contribution is 2.31. The van der Waals surface area contributed by atoms with E-state index in [9.17, 15) is 0 Å². The first-order chi connectivity index (χ1) is 15.6. The summed E-state index contributed by atoms with van der Waals surface area (Å²) in [5.74, 6) is 2.70. The Labute approximate surface area is 214 Å². The van der Waals surface area contributed by atoms with Crippen LogP contribution in [-0.2, 0) is 13.0 Å². The number of para-hydroxylation sites is 1. The fraction of sp³-hybridized carbons (Fsp3) is 0.542.